The fraction of sp³-hybridized carbons (Fsp3) is 0.231. The molecule has 0 amide bonds. The largest absolute Gasteiger partial charge is 0.394 e. The van der Waals surface area contributed by atoms with E-state index in [4.69, 9.17) is 17.3 Å². The molecule has 1 heterocycles. The average Bonchev–Trinajstić information content (AvgIpc) is 2.68. The van der Waals surface area contributed by atoms with Crippen molar-refractivity contribution in [3.05, 3.63) is 46.2 Å². The van der Waals surface area contributed by atoms with Gasteiger partial charge in [-0.3, -0.25) is 10.1 Å². The summed E-state index contributed by atoms with van der Waals surface area (Å²) in [7, 11) is 0. The number of aromatic amines is 1. The summed E-state index contributed by atoms with van der Waals surface area (Å²) in [6.07, 6.45) is 1.71. The van der Waals surface area contributed by atoms with Gasteiger partial charge in [-0.05, 0) is 19.1 Å². The molecule has 0 atom stereocenters. The Kier molecular flexibility index (Phi) is 4.07. The normalized spacial score (nSPS) is 11.2. The molecular weight excluding hydrogens is 246 g/mol. The molecular formula is C13H15N3OS. The van der Waals surface area contributed by atoms with Crippen molar-refractivity contribution >= 4 is 18.4 Å². The Bertz CT molecular complexity index is 598. The lowest BCUT2D eigenvalue weighted by Crippen LogP contribution is -1.95. The van der Waals surface area contributed by atoms with Crippen molar-refractivity contribution in [1.82, 2.24) is 9.78 Å². The lowest BCUT2D eigenvalue weighted by atomic mass is 10.3. The number of aliphatic hydroxyl groups excluding tert-OH is 1. The highest BCUT2D eigenvalue weighted by molar-refractivity contribution is 7.71. The highest BCUT2D eigenvalue weighted by Crippen LogP contribution is 2.12. The maximum atomic E-state index is 8.71. The van der Waals surface area contributed by atoms with Crippen molar-refractivity contribution in [2.24, 2.45) is 4.99 Å². The minimum absolute atomic E-state index is 0.0470. The molecule has 0 radical (unpaired) electrons. The smallest absolute Gasteiger partial charge is 0.136 e. The van der Waals surface area contributed by atoms with Crippen molar-refractivity contribution in [1.29, 1.82) is 0 Å². The lowest BCUT2D eigenvalue weighted by Gasteiger charge is -2.01. The molecule has 5 heteroatoms. The van der Waals surface area contributed by atoms with E-state index in [1.807, 2.05) is 41.9 Å². The van der Waals surface area contributed by atoms with Gasteiger partial charge in [-0.1, -0.05) is 30.4 Å². The number of aliphatic imine (C=N–C) groups is 1. The number of para-hydroxylation sites is 1. The number of aliphatic hydroxyl groups is 1. The molecule has 94 valence electrons. The van der Waals surface area contributed by atoms with Crippen LogP contribution in [0.1, 0.15) is 11.3 Å². The van der Waals surface area contributed by atoms with Crippen molar-refractivity contribution in [3.63, 3.8) is 0 Å². The molecule has 2 aromatic rings. The van der Waals surface area contributed by atoms with Crippen LogP contribution >= 0.6 is 12.2 Å². The van der Waals surface area contributed by atoms with E-state index in [1.165, 1.54) is 0 Å². The first kappa shape index (κ1) is 12.7. The summed E-state index contributed by atoms with van der Waals surface area (Å²) in [5, 5.41) is 11.9. The van der Waals surface area contributed by atoms with Gasteiger partial charge in [-0.2, -0.15) is 0 Å². The minimum Gasteiger partial charge on any atom is -0.394 e. The van der Waals surface area contributed by atoms with Gasteiger partial charge in [0.25, 0.3) is 0 Å². The Morgan fingerprint density at radius 1 is 1.39 bits per heavy atom. The summed E-state index contributed by atoms with van der Waals surface area (Å²) in [5.41, 5.74) is 2.85. The molecule has 0 spiro atoms. The van der Waals surface area contributed by atoms with Crippen LogP contribution in [0.15, 0.2) is 35.3 Å². The third-order valence-electron chi connectivity index (χ3n) is 2.58. The van der Waals surface area contributed by atoms with Gasteiger partial charge in [0.1, 0.15) is 4.64 Å². The standard InChI is InChI=1S/C13H15N3OS/c1-10-12(9-14-7-8-17)13(18)16(15-10)11-5-3-2-4-6-11/h2-6,9,15,17H,7-8H2,1H3. The second-order valence-corrected chi connectivity index (χ2v) is 4.27. The SMILES string of the molecule is Cc1[nH]n(-c2ccccc2)c(=S)c1C=NCCO. The number of H-pyrrole nitrogens is 1. The Hall–Kier alpha value is -1.72. The molecule has 18 heavy (non-hydrogen) atoms. The molecule has 2 N–H and O–H groups in total. The van der Waals surface area contributed by atoms with Crippen molar-refractivity contribution in [3.8, 4) is 5.69 Å². The Balaban J connectivity index is 2.42. The van der Waals surface area contributed by atoms with Gasteiger partial charge in [0, 0.05) is 17.5 Å². The summed E-state index contributed by atoms with van der Waals surface area (Å²) >= 11 is 5.42. The molecule has 0 aliphatic heterocycles. The molecule has 0 fully saturated rings. The number of hydrogen-bond donors (Lipinski definition) is 2. The van der Waals surface area contributed by atoms with Crippen LogP contribution in [0.3, 0.4) is 0 Å². The Labute approximate surface area is 111 Å². The molecule has 4 nitrogen and oxygen atoms in total. The molecule has 0 aliphatic rings. The van der Waals surface area contributed by atoms with Gasteiger partial charge in [-0.15, -0.1) is 0 Å². The second kappa shape index (κ2) is 5.75. The number of rotatable bonds is 4. The maximum Gasteiger partial charge on any atom is 0.136 e. The van der Waals surface area contributed by atoms with E-state index in [2.05, 4.69) is 10.1 Å². The van der Waals surface area contributed by atoms with Crippen LogP contribution in [0.2, 0.25) is 0 Å². The average molecular weight is 261 g/mol. The summed E-state index contributed by atoms with van der Waals surface area (Å²) in [6.45, 7) is 2.39. The molecule has 2 rings (SSSR count). The van der Waals surface area contributed by atoms with Gasteiger partial charge in [-0.25, -0.2) is 4.68 Å². The van der Waals surface area contributed by atoms with Gasteiger partial charge in [0.05, 0.1) is 18.8 Å². The fourth-order valence-electron chi connectivity index (χ4n) is 1.68. The van der Waals surface area contributed by atoms with Crippen LogP contribution in [-0.2, 0) is 0 Å². The molecule has 0 bridgehead atoms. The number of aromatic nitrogens is 2. The van der Waals surface area contributed by atoms with Crippen LogP contribution in [0, 0.1) is 11.6 Å². The van der Waals surface area contributed by atoms with E-state index in [0.29, 0.717) is 11.2 Å². The van der Waals surface area contributed by atoms with E-state index in [1.54, 1.807) is 6.21 Å². The monoisotopic (exact) mass is 261 g/mol. The first-order chi connectivity index (χ1) is 8.74. The van der Waals surface area contributed by atoms with E-state index < -0.39 is 0 Å². The Morgan fingerprint density at radius 2 is 2.11 bits per heavy atom. The van der Waals surface area contributed by atoms with E-state index in [0.717, 1.165) is 16.9 Å². The van der Waals surface area contributed by atoms with Gasteiger partial charge in [0.15, 0.2) is 0 Å². The topological polar surface area (TPSA) is 53.3 Å². The number of hydrogen-bond acceptors (Lipinski definition) is 3. The zero-order valence-electron chi connectivity index (χ0n) is 10.1. The van der Waals surface area contributed by atoms with Crippen LogP contribution < -0.4 is 0 Å². The first-order valence-corrected chi connectivity index (χ1v) is 6.12. The number of aryl methyl sites for hydroxylation is 1. The van der Waals surface area contributed by atoms with E-state index in [9.17, 15) is 0 Å². The van der Waals surface area contributed by atoms with Crippen LogP contribution in [0.5, 0.6) is 0 Å². The van der Waals surface area contributed by atoms with E-state index in [-0.39, 0.29) is 6.61 Å². The predicted molar refractivity (Wildman–Crippen MR) is 75.2 cm³/mol. The number of nitrogens with zero attached hydrogens (tertiary/aromatic N) is 2. The number of nitrogens with one attached hydrogen (secondary N) is 1. The molecule has 1 aromatic heterocycles. The summed E-state index contributed by atoms with van der Waals surface area (Å²) in [4.78, 5) is 4.11. The van der Waals surface area contributed by atoms with Crippen molar-refractivity contribution in [2.45, 2.75) is 6.92 Å². The van der Waals surface area contributed by atoms with Gasteiger partial charge in [0.2, 0.25) is 0 Å². The molecule has 0 saturated carbocycles. The maximum absolute atomic E-state index is 8.71. The zero-order chi connectivity index (χ0) is 13.0. The highest BCUT2D eigenvalue weighted by atomic mass is 32.1. The van der Waals surface area contributed by atoms with E-state index >= 15 is 0 Å². The fourth-order valence-corrected chi connectivity index (χ4v) is 2.04. The molecule has 0 unspecified atom stereocenters. The van der Waals surface area contributed by atoms with Gasteiger partial charge < -0.3 is 5.11 Å². The lowest BCUT2D eigenvalue weighted by molar-refractivity contribution is 0.307. The highest BCUT2D eigenvalue weighted by Gasteiger charge is 2.06. The van der Waals surface area contributed by atoms with Crippen LogP contribution in [0.25, 0.3) is 5.69 Å². The third-order valence-corrected chi connectivity index (χ3v) is 2.98. The van der Waals surface area contributed by atoms with Crippen molar-refractivity contribution < 1.29 is 5.11 Å². The third kappa shape index (κ3) is 2.57. The Morgan fingerprint density at radius 3 is 2.78 bits per heavy atom. The first-order valence-electron chi connectivity index (χ1n) is 5.71. The predicted octanol–water partition coefficient (Wildman–Crippen LogP) is 2.25. The number of benzene rings is 1. The van der Waals surface area contributed by atoms with Crippen LogP contribution in [0.4, 0.5) is 0 Å². The summed E-state index contributed by atoms with van der Waals surface area (Å²) in [6, 6.07) is 9.87. The van der Waals surface area contributed by atoms with Crippen LogP contribution in [-0.4, -0.2) is 34.3 Å². The molecule has 0 saturated heterocycles. The second-order valence-electron chi connectivity index (χ2n) is 3.89. The minimum atomic E-state index is 0.0470. The molecule has 0 aliphatic carbocycles. The quantitative estimate of drug-likeness (QED) is 0.655. The zero-order valence-corrected chi connectivity index (χ0v) is 10.9. The van der Waals surface area contributed by atoms with Gasteiger partial charge >= 0.3 is 0 Å². The summed E-state index contributed by atoms with van der Waals surface area (Å²) < 4.78 is 2.55. The van der Waals surface area contributed by atoms with Crippen molar-refractivity contribution in [2.75, 3.05) is 13.2 Å². The molecule has 1 aromatic carbocycles. The summed E-state index contributed by atoms with van der Waals surface area (Å²) in [5.74, 6) is 0.